The maximum atomic E-state index is 12.0. The Hall–Kier alpha value is -1.88. The van der Waals surface area contributed by atoms with Gasteiger partial charge in [0.05, 0.1) is 11.6 Å². The molecule has 0 spiro atoms. The predicted octanol–water partition coefficient (Wildman–Crippen LogP) is 1.94. The lowest BCUT2D eigenvalue weighted by molar-refractivity contribution is 0.0939. The summed E-state index contributed by atoms with van der Waals surface area (Å²) < 4.78 is 1.39. The Bertz CT molecular complexity index is 602. The average molecular weight is 262 g/mol. The molecule has 1 atom stereocenters. The van der Waals surface area contributed by atoms with Crippen molar-refractivity contribution in [2.24, 2.45) is 7.05 Å². The maximum absolute atomic E-state index is 12.0. The van der Waals surface area contributed by atoms with Crippen molar-refractivity contribution in [1.29, 1.82) is 0 Å². The number of hydrogen-bond donors (Lipinski definition) is 1. The summed E-state index contributed by atoms with van der Waals surface area (Å²) in [6.45, 7) is 1.94. The molecule has 0 unspecified atom stereocenters. The van der Waals surface area contributed by atoms with Crippen molar-refractivity contribution < 1.29 is 4.79 Å². The molecule has 94 valence electrons. The Labute approximate surface area is 109 Å². The Morgan fingerprint density at radius 1 is 1.39 bits per heavy atom. The molecule has 0 aliphatic rings. The smallest absolute Gasteiger partial charge is 0.253 e. The molecule has 0 bridgehead atoms. The summed E-state index contributed by atoms with van der Waals surface area (Å²) in [7, 11) is 1.63. The topological polar surface area (TPSA) is 51.1 Å². The second-order valence-corrected chi connectivity index (χ2v) is 5.06. The largest absolute Gasteiger partial charge is 0.345 e. The van der Waals surface area contributed by atoms with E-state index in [0.29, 0.717) is 5.56 Å². The number of rotatable bonds is 3. The number of aryl methyl sites for hydroxylation is 1. The first-order chi connectivity index (χ1) is 8.58. The molecule has 0 radical (unpaired) electrons. The van der Waals surface area contributed by atoms with E-state index in [2.05, 4.69) is 5.32 Å². The van der Waals surface area contributed by atoms with E-state index in [1.54, 1.807) is 30.6 Å². The number of pyridine rings is 1. The van der Waals surface area contributed by atoms with Gasteiger partial charge in [0.1, 0.15) is 0 Å². The van der Waals surface area contributed by atoms with E-state index in [4.69, 9.17) is 0 Å². The van der Waals surface area contributed by atoms with Crippen LogP contribution in [0.5, 0.6) is 0 Å². The van der Waals surface area contributed by atoms with Crippen LogP contribution in [0.3, 0.4) is 0 Å². The summed E-state index contributed by atoms with van der Waals surface area (Å²) in [6, 6.07) is 6.84. The predicted molar refractivity (Wildman–Crippen MR) is 71.9 cm³/mol. The molecule has 0 fully saturated rings. The molecule has 0 aliphatic carbocycles. The van der Waals surface area contributed by atoms with Gasteiger partial charge in [0.25, 0.3) is 5.91 Å². The molecule has 0 aromatic carbocycles. The molecular formula is C13H14N2O2S. The summed E-state index contributed by atoms with van der Waals surface area (Å²) in [4.78, 5) is 24.3. The number of hydrogen-bond acceptors (Lipinski definition) is 3. The first-order valence-electron chi connectivity index (χ1n) is 5.59. The van der Waals surface area contributed by atoms with Gasteiger partial charge in [-0.1, -0.05) is 6.07 Å². The van der Waals surface area contributed by atoms with Crippen LogP contribution in [0.1, 0.15) is 28.2 Å². The summed E-state index contributed by atoms with van der Waals surface area (Å²) in [5.41, 5.74) is 0.360. The van der Waals surface area contributed by atoms with Crippen LogP contribution in [0.4, 0.5) is 0 Å². The van der Waals surface area contributed by atoms with Gasteiger partial charge >= 0.3 is 0 Å². The molecule has 0 saturated carbocycles. The molecular weight excluding hydrogens is 248 g/mol. The third kappa shape index (κ3) is 2.68. The Morgan fingerprint density at radius 2 is 2.17 bits per heavy atom. The van der Waals surface area contributed by atoms with Gasteiger partial charge < -0.3 is 9.88 Å². The van der Waals surface area contributed by atoms with Crippen LogP contribution in [0.2, 0.25) is 0 Å². The van der Waals surface area contributed by atoms with Crippen molar-refractivity contribution in [1.82, 2.24) is 9.88 Å². The van der Waals surface area contributed by atoms with Crippen molar-refractivity contribution >= 4 is 17.2 Å². The van der Waals surface area contributed by atoms with Gasteiger partial charge in [-0.3, -0.25) is 9.59 Å². The standard InChI is InChI=1S/C13H14N2O2S/c1-9(11-4-3-7-18-11)14-13(17)10-5-6-12(16)15(2)8-10/h3-9H,1-2H3,(H,14,17)/t9-/m0/s1. The Balaban J connectivity index is 2.12. The van der Waals surface area contributed by atoms with E-state index >= 15 is 0 Å². The molecule has 2 rings (SSSR count). The van der Waals surface area contributed by atoms with Gasteiger partial charge in [-0.15, -0.1) is 11.3 Å². The average Bonchev–Trinajstić information content (AvgIpc) is 2.86. The summed E-state index contributed by atoms with van der Waals surface area (Å²) in [6.07, 6.45) is 1.54. The van der Waals surface area contributed by atoms with Crippen LogP contribution in [-0.2, 0) is 7.05 Å². The highest BCUT2D eigenvalue weighted by Gasteiger charge is 2.12. The van der Waals surface area contributed by atoms with Crippen molar-refractivity contribution in [2.75, 3.05) is 0 Å². The molecule has 2 aromatic heterocycles. The lowest BCUT2D eigenvalue weighted by atomic mass is 10.2. The molecule has 5 heteroatoms. The number of thiophene rings is 1. The van der Waals surface area contributed by atoms with E-state index in [1.807, 2.05) is 24.4 Å². The quantitative estimate of drug-likeness (QED) is 0.919. The minimum atomic E-state index is -0.175. The Morgan fingerprint density at radius 3 is 2.78 bits per heavy atom. The van der Waals surface area contributed by atoms with E-state index in [-0.39, 0.29) is 17.5 Å². The first-order valence-corrected chi connectivity index (χ1v) is 6.47. The number of carbonyl (C=O) groups is 1. The van der Waals surface area contributed by atoms with Crippen LogP contribution in [-0.4, -0.2) is 10.5 Å². The second kappa shape index (κ2) is 5.18. The van der Waals surface area contributed by atoms with E-state index in [0.717, 1.165) is 4.88 Å². The molecule has 0 aliphatic heterocycles. The zero-order valence-electron chi connectivity index (χ0n) is 10.2. The number of nitrogens with one attached hydrogen (secondary N) is 1. The van der Waals surface area contributed by atoms with E-state index in [9.17, 15) is 9.59 Å². The molecule has 2 heterocycles. The summed E-state index contributed by atoms with van der Waals surface area (Å²) >= 11 is 1.60. The van der Waals surface area contributed by atoms with Gasteiger partial charge in [-0.25, -0.2) is 0 Å². The minimum absolute atomic E-state index is 0.0327. The van der Waals surface area contributed by atoms with Crippen LogP contribution in [0.15, 0.2) is 40.6 Å². The van der Waals surface area contributed by atoms with Crippen molar-refractivity contribution in [3.63, 3.8) is 0 Å². The minimum Gasteiger partial charge on any atom is -0.345 e. The SMILES string of the molecule is C[C@H](NC(=O)c1ccc(=O)n(C)c1)c1cccs1. The lowest BCUT2D eigenvalue weighted by Crippen LogP contribution is -2.27. The highest BCUT2D eigenvalue weighted by molar-refractivity contribution is 7.10. The van der Waals surface area contributed by atoms with Gasteiger partial charge in [-0.2, -0.15) is 0 Å². The van der Waals surface area contributed by atoms with Crippen LogP contribution in [0.25, 0.3) is 0 Å². The van der Waals surface area contributed by atoms with Gasteiger partial charge in [0.2, 0.25) is 5.56 Å². The van der Waals surface area contributed by atoms with Crippen LogP contribution >= 0.6 is 11.3 Å². The molecule has 18 heavy (non-hydrogen) atoms. The van der Waals surface area contributed by atoms with E-state index in [1.165, 1.54) is 10.6 Å². The Kier molecular flexibility index (Phi) is 3.62. The van der Waals surface area contributed by atoms with Gasteiger partial charge in [0, 0.05) is 24.2 Å². The fourth-order valence-corrected chi connectivity index (χ4v) is 2.35. The van der Waals surface area contributed by atoms with Crippen molar-refractivity contribution in [2.45, 2.75) is 13.0 Å². The highest BCUT2D eigenvalue weighted by atomic mass is 32.1. The normalized spacial score (nSPS) is 12.1. The number of aromatic nitrogens is 1. The summed E-state index contributed by atoms with van der Waals surface area (Å²) in [5.74, 6) is -0.175. The fraction of sp³-hybridized carbons (Fsp3) is 0.231. The number of nitrogens with zero attached hydrogens (tertiary/aromatic N) is 1. The molecule has 1 amide bonds. The number of amides is 1. The molecule has 1 N–H and O–H groups in total. The summed E-state index contributed by atoms with van der Waals surface area (Å²) in [5, 5.41) is 4.88. The molecule has 2 aromatic rings. The van der Waals surface area contributed by atoms with Crippen LogP contribution in [0, 0.1) is 0 Å². The zero-order valence-corrected chi connectivity index (χ0v) is 11.0. The van der Waals surface area contributed by atoms with Gasteiger partial charge in [0.15, 0.2) is 0 Å². The third-order valence-corrected chi connectivity index (χ3v) is 3.72. The van der Waals surface area contributed by atoms with Crippen LogP contribution < -0.4 is 10.9 Å². The third-order valence-electron chi connectivity index (χ3n) is 2.67. The monoisotopic (exact) mass is 262 g/mol. The van der Waals surface area contributed by atoms with Crippen molar-refractivity contribution in [3.8, 4) is 0 Å². The van der Waals surface area contributed by atoms with Crippen molar-refractivity contribution in [3.05, 3.63) is 56.6 Å². The lowest BCUT2D eigenvalue weighted by Gasteiger charge is -2.12. The zero-order chi connectivity index (χ0) is 13.1. The number of carbonyl (C=O) groups excluding carboxylic acids is 1. The highest BCUT2D eigenvalue weighted by Crippen LogP contribution is 2.18. The van der Waals surface area contributed by atoms with E-state index < -0.39 is 0 Å². The maximum Gasteiger partial charge on any atom is 0.253 e. The second-order valence-electron chi connectivity index (χ2n) is 4.08. The fourth-order valence-electron chi connectivity index (χ4n) is 1.62. The molecule has 4 nitrogen and oxygen atoms in total. The molecule has 0 saturated heterocycles. The van der Waals surface area contributed by atoms with Gasteiger partial charge in [-0.05, 0) is 24.4 Å². The first kappa shape index (κ1) is 12.6.